The second kappa shape index (κ2) is 11.0. The van der Waals surface area contributed by atoms with Crippen molar-refractivity contribution in [1.82, 2.24) is 4.57 Å². The average Bonchev–Trinajstić information content (AvgIpc) is 3.76. The molecule has 0 fully saturated rings. The molecule has 0 saturated heterocycles. The first-order chi connectivity index (χ1) is 25.3. The number of nitrogens with zero attached hydrogens (tertiary/aromatic N) is 1. The molecule has 0 amide bonds. The van der Waals surface area contributed by atoms with Gasteiger partial charge in [-0.3, -0.25) is 0 Å². The molecule has 3 heterocycles. The molecule has 12 rings (SSSR count). The first-order valence-corrected chi connectivity index (χ1v) is 17.9. The average molecular weight is 648 g/mol. The van der Waals surface area contributed by atoms with Crippen molar-refractivity contribution in [3.05, 3.63) is 204 Å². The summed E-state index contributed by atoms with van der Waals surface area (Å²) in [5, 5.41) is 2.73. The van der Waals surface area contributed by atoms with E-state index in [9.17, 15) is 0 Å². The van der Waals surface area contributed by atoms with E-state index in [1.807, 2.05) is 0 Å². The fourth-order valence-corrected chi connectivity index (χ4v) is 9.26. The lowest BCUT2D eigenvalue weighted by molar-refractivity contribution is 0.717. The fraction of sp³-hybridized carbons (Fsp3) is 0.0400. The molecule has 0 saturated carbocycles. The molecule has 51 heavy (non-hydrogen) atoms. The summed E-state index contributed by atoms with van der Waals surface area (Å²) in [5.41, 5.74) is 22.0. The third-order valence-electron chi connectivity index (χ3n) is 11.4. The quantitative estimate of drug-likeness (QED) is 0.176. The van der Waals surface area contributed by atoms with Crippen LogP contribution in [-0.2, 0) is 6.42 Å². The van der Waals surface area contributed by atoms with Crippen molar-refractivity contribution in [3.63, 3.8) is 0 Å². The van der Waals surface area contributed by atoms with Gasteiger partial charge in [0.2, 0.25) is 0 Å². The lowest BCUT2D eigenvalue weighted by atomic mass is 9.82. The minimum absolute atomic E-state index is 0.257. The zero-order valence-corrected chi connectivity index (χ0v) is 28.1. The van der Waals surface area contributed by atoms with Crippen molar-refractivity contribution in [2.75, 3.05) is 0 Å². The lowest BCUT2D eigenvalue weighted by Crippen LogP contribution is -2.20. The topological polar surface area (TPSA) is 4.93 Å². The van der Waals surface area contributed by atoms with Crippen LogP contribution in [0.4, 0.5) is 0 Å². The van der Waals surface area contributed by atoms with Crippen LogP contribution in [0.3, 0.4) is 0 Å². The molecule has 1 heteroatoms. The molecule has 238 valence electrons. The largest absolute Gasteiger partial charge is 0.328 e. The van der Waals surface area contributed by atoms with E-state index in [-0.39, 0.29) is 6.04 Å². The number of hydrogen-bond acceptors (Lipinski definition) is 0. The molecule has 9 aromatic rings. The smallest absolute Gasteiger partial charge is 0.0857 e. The van der Waals surface area contributed by atoms with Gasteiger partial charge < -0.3 is 4.57 Å². The van der Waals surface area contributed by atoms with E-state index >= 15 is 0 Å². The van der Waals surface area contributed by atoms with Crippen molar-refractivity contribution in [2.45, 2.75) is 12.5 Å². The molecule has 8 aromatic carbocycles. The van der Waals surface area contributed by atoms with Crippen LogP contribution in [0.5, 0.6) is 0 Å². The Morgan fingerprint density at radius 1 is 0.314 bits per heavy atom. The van der Waals surface area contributed by atoms with Gasteiger partial charge in [-0.15, -0.1) is 0 Å². The van der Waals surface area contributed by atoms with E-state index in [1.54, 1.807) is 0 Å². The number of aromatic nitrogens is 1. The summed E-state index contributed by atoms with van der Waals surface area (Å²) in [4.78, 5) is 0. The van der Waals surface area contributed by atoms with Gasteiger partial charge in [-0.1, -0.05) is 182 Å². The Labute approximate surface area is 297 Å². The minimum Gasteiger partial charge on any atom is -0.328 e. The summed E-state index contributed by atoms with van der Waals surface area (Å²) in [6, 6.07) is 66.5. The maximum Gasteiger partial charge on any atom is 0.0857 e. The summed E-state index contributed by atoms with van der Waals surface area (Å²) in [6.07, 6.45) is 1.00. The SMILES string of the molecule is c1ccc(-c2cccc3c2Cc2c(-c4ccccc4)cccc2-3)cc1.c1ccc2c(c1)-c1cccc3c4cccc5c4n(c13)C2c1ccccc1-5. The molecule has 1 aliphatic carbocycles. The summed E-state index contributed by atoms with van der Waals surface area (Å²) >= 11 is 0. The highest BCUT2D eigenvalue weighted by atomic mass is 15.0. The van der Waals surface area contributed by atoms with Gasteiger partial charge in [0.1, 0.15) is 0 Å². The van der Waals surface area contributed by atoms with Gasteiger partial charge in [0.05, 0.1) is 17.1 Å². The molecule has 0 N–H and O–H groups in total. The maximum atomic E-state index is 2.60. The van der Waals surface area contributed by atoms with E-state index < -0.39 is 0 Å². The van der Waals surface area contributed by atoms with Gasteiger partial charge in [0.15, 0.2) is 0 Å². The third-order valence-corrected chi connectivity index (χ3v) is 11.4. The zero-order chi connectivity index (χ0) is 33.5. The van der Waals surface area contributed by atoms with Crippen LogP contribution in [0.1, 0.15) is 28.3 Å². The Kier molecular flexibility index (Phi) is 6.15. The van der Waals surface area contributed by atoms with Crippen LogP contribution >= 0.6 is 0 Å². The van der Waals surface area contributed by atoms with Gasteiger partial charge in [-0.05, 0) is 73.2 Å². The zero-order valence-electron chi connectivity index (χ0n) is 28.1. The fourth-order valence-electron chi connectivity index (χ4n) is 9.26. The monoisotopic (exact) mass is 647 g/mol. The molecule has 0 atom stereocenters. The lowest BCUT2D eigenvalue weighted by Gasteiger charge is -2.34. The van der Waals surface area contributed by atoms with Crippen molar-refractivity contribution in [3.8, 4) is 55.6 Å². The van der Waals surface area contributed by atoms with Crippen molar-refractivity contribution >= 4 is 21.8 Å². The van der Waals surface area contributed by atoms with E-state index in [2.05, 4.69) is 187 Å². The molecule has 0 spiro atoms. The van der Waals surface area contributed by atoms with E-state index in [1.165, 1.54) is 99.7 Å². The van der Waals surface area contributed by atoms with Gasteiger partial charge in [-0.25, -0.2) is 0 Å². The Bertz CT molecular complexity index is 2630. The molecule has 3 aliphatic rings. The second-order valence-electron chi connectivity index (χ2n) is 13.9. The Morgan fingerprint density at radius 2 is 0.686 bits per heavy atom. The highest BCUT2D eigenvalue weighted by Gasteiger charge is 2.35. The van der Waals surface area contributed by atoms with Crippen LogP contribution in [0.25, 0.3) is 77.4 Å². The predicted octanol–water partition coefficient (Wildman–Crippen LogP) is 13.0. The highest BCUT2D eigenvalue weighted by molar-refractivity contribution is 6.18. The van der Waals surface area contributed by atoms with Crippen molar-refractivity contribution < 1.29 is 0 Å². The van der Waals surface area contributed by atoms with Crippen molar-refractivity contribution in [2.24, 2.45) is 0 Å². The number of hydrogen-bond donors (Lipinski definition) is 0. The second-order valence-corrected chi connectivity index (χ2v) is 13.9. The molecule has 0 unspecified atom stereocenters. The summed E-state index contributed by atoms with van der Waals surface area (Å²) in [5.74, 6) is 0. The standard InChI is InChI=1S/C25H15N.C25H18/c1-3-9-17-15(7-1)19-11-5-13-21-22-14-6-12-20-16-8-2-4-10-18(16)23(17)26(24(19)21)25(20)22;1-3-9-18(10-4-1)20-13-7-15-22-23-16-8-14-21(25(23)17-24(20)22)19-11-5-2-6-12-19/h1-14,23H;1-16H,17H2. The predicted molar refractivity (Wildman–Crippen MR) is 213 cm³/mol. The maximum absolute atomic E-state index is 2.60. The van der Waals surface area contributed by atoms with E-state index in [0.29, 0.717) is 0 Å². The van der Waals surface area contributed by atoms with Crippen molar-refractivity contribution in [1.29, 1.82) is 0 Å². The van der Waals surface area contributed by atoms with Crippen LogP contribution in [0, 0.1) is 0 Å². The first-order valence-electron chi connectivity index (χ1n) is 17.9. The number of rotatable bonds is 2. The van der Waals surface area contributed by atoms with Gasteiger partial charge in [0, 0.05) is 21.9 Å². The van der Waals surface area contributed by atoms with Gasteiger partial charge in [-0.2, -0.15) is 0 Å². The molecule has 0 radical (unpaired) electrons. The van der Waals surface area contributed by atoms with E-state index in [4.69, 9.17) is 0 Å². The Balaban J connectivity index is 0.000000122. The number of para-hydroxylation sites is 2. The minimum atomic E-state index is 0.257. The molecule has 0 bridgehead atoms. The number of fused-ring (bicyclic) bond motifs is 10. The van der Waals surface area contributed by atoms with Crippen LogP contribution in [0.15, 0.2) is 182 Å². The normalized spacial score (nSPS) is 12.9. The van der Waals surface area contributed by atoms with E-state index in [0.717, 1.165) is 6.42 Å². The molecule has 1 nitrogen and oxygen atoms in total. The first kappa shape index (κ1) is 28.4. The number of benzene rings is 8. The summed E-state index contributed by atoms with van der Waals surface area (Å²) in [7, 11) is 0. The Morgan fingerprint density at radius 3 is 1.18 bits per heavy atom. The van der Waals surface area contributed by atoms with Crippen LogP contribution in [-0.4, -0.2) is 4.57 Å². The highest BCUT2D eigenvalue weighted by Crippen LogP contribution is 2.53. The third kappa shape index (κ3) is 4.09. The van der Waals surface area contributed by atoms with Crippen LogP contribution in [0.2, 0.25) is 0 Å². The van der Waals surface area contributed by atoms with Gasteiger partial charge in [0.25, 0.3) is 0 Å². The molecular formula is C50H33N. The van der Waals surface area contributed by atoms with Gasteiger partial charge >= 0.3 is 0 Å². The molecular weight excluding hydrogens is 615 g/mol. The van der Waals surface area contributed by atoms with Crippen LogP contribution < -0.4 is 0 Å². The Hall–Kier alpha value is -6.44. The summed E-state index contributed by atoms with van der Waals surface area (Å²) in [6.45, 7) is 0. The summed E-state index contributed by atoms with van der Waals surface area (Å²) < 4.78 is 2.60. The molecule has 1 aromatic heterocycles. The molecule has 2 aliphatic heterocycles.